The van der Waals surface area contributed by atoms with Crippen LogP contribution in [-0.2, 0) is 5.41 Å². The van der Waals surface area contributed by atoms with Gasteiger partial charge in [0.2, 0.25) is 0 Å². The van der Waals surface area contributed by atoms with Crippen molar-refractivity contribution in [2.45, 2.75) is 19.3 Å². The molecule has 0 fully saturated rings. The fourth-order valence-electron chi connectivity index (χ4n) is 7.40. The maximum Gasteiger partial charge on any atom is 0.0623 e. The fraction of sp³-hybridized carbons (Fsp3) is 0.0811. The molecule has 39 heavy (non-hydrogen) atoms. The smallest absolute Gasteiger partial charge is 0.0623 e. The van der Waals surface area contributed by atoms with E-state index < -0.39 is 0 Å². The number of benzene rings is 6. The minimum absolute atomic E-state index is 0.0458. The van der Waals surface area contributed by atoms with E-state index >= 15 is 0 Å². The van der Waals surface area contributed by atoms with Gasteiger partial charge < -0.3 is 4.57 Å². The Labute approximate surface area is 231 Å². The molecule has 0 saturated carbocycles. The lowest BCUT2D eigenvalue weighted by Crippen LogP contribution is -2.15. The van der Waals surface area contributed by atoms with Crippen LogP contribution in [-0.4, -0.2) is 4.57 Å². The summed E-state index contributed by atoms with van der Waals surface area (Å²) >= 11 is 6.44. The van der Waals surface area contributed by atoms with Crippen molar-refractivity contribution in [1.82, 2.24) is 4.57 Å². The molecule has 0 saturated heterocycles. The Balaban J connectivity index is 1.45. The van der Waals surface area contributed by atoms with Gasteiger partial charge in [-0.1, -0.05) is 104 Å². The van der Waals surface area contributed by atoms with E-state index in [-0.39, 0.29) is 5.41 Å². The van der Waals surface area contributed by atoms with Crippen LogP contribution in [0.1, 0.15) is 25.0 Å². The van der Waals surface area contributed by atoms with Crippen molar-refractivity contribution in [1.29, 1.82) is 0 Å². The van der Waals surface area contributed by atoms with E-state index in [2.05, 4.69) is 122 Å². The number of aromatic nitrogens is 1. The van der Waals surface area contributed by atoms with E-state index in [0.717, 1.165) is 5.02 Å². The van der Waals surface area contributed by atoms with Gasteiger partial charge in [0, 0.05) is 32.3 Å². The van der Waals surface area contributed by atoms with Gasteiger partial charge in [-0.3, -0.25) is 0 Å². The Hall–Kier alpha value is -4.33. The molecule has 1 aliphatic carbocycles. The summed E-state index contributed by atoms with van der Waals surface area (Å²) in [5.41, 5.74) is 14.5. The van der Waals surface area contributed by atoms with E-state index in [1.54, 1.807) is 0 Å². The number of para-hydroxylation sites is 1. The largest absolute Gasteiger partial charge is 0.308 e. The van der Waals surface area contributed by atoms with Crippen LogP contribution in [0, 0.1) is 0 Å². The highest BCUT2D eigenvalue weighted by Crippen LogP contribution is 2.58. The van der Waals surface area contributed by atoms with Gasteiger partial charge >= 0.3 is 0 Å². The van der Waals surface area contributed by atoms with Crippen molar-refractivity contribution >= 4 is 44.2 Å². The normalized spacial score (nSPS) is 14.2. The van der Waals surface area contributed by atoms with Gasteiger partial charge in [-0.05, 0) is 74.5 Å². The summed E-state index contributed by atoms with van der Waals surface area (Å²) in [6, 6.07) is 40.1. The number of nitrogens with zero attached hydrogens (tertiary/aromatic N) is 1. The predicted molar refractivity (Wildman–Crippen MR) is 165 cm³/mol. The highest BCUT2D eigenvalue weighted by Gasteiger charge is 2.40. The van der Waals surface area contributed by atoms with Crippen molar-refractivity contribution < 1.29 is 0 Å². The Morgan fingerprint density at radius 3 is 2.31 bits per heavy atom. The van der Waals surface area contributed by atoms with Gasteiger partial charge in [0.25, 0.3) is 0 Å². The zero-order valence-electron chi connectivity index (χ0n) is 21.7. The van der Waals surface area contributed by atoms with E-state index in [1.807, 2.05) is 6.07 Å². The molecule has 184 valence electrons. The molecule has 0 amide bonds. The van der Waals surface area contributed by atoms with Gasteiger partial charge in [0.15, 0.2) is 0 Å². The molecule has 0 atom stereocenters. The van der Waals surface area contributed by atoms with Crippen molar-refractivity contribution in [3.8, 4) is 39.1 Å². The van der Waals surface area contributed by atoms with Crippen molar-refractivity contribution in [2.24, 2.45) is 0 Å². The third-order valence-corrected chi connectivity index (χ3v) is 9.42. The minimum atomic E-state index is -0.0458. The quantitative estimate of drug-likeness (QED) is 0.204. The molecule has 6 aromatic carbocycles. The molecule has 1 aromatic heterocycles. The summed E-state index contributed by atoms with van der Waals surface area (Å²) in [6.07, 6.45) is 0. The van der Waals surface area contributed by atoms with Crippen LogP contribution in [0.15, 0.2) is 109 Å². The van der Waals surface area contributed by atoms with Crippen LogP contribution in [0.4, 0.5) is 0 Å². The number of fused-ring (bicyclic) bond motifs is 7. The zero-order valence-corrected chi connectivity index (χ0v) is 22.5. The lowest BCUT2D eigenvalue weighted by Gasteiger charge is -2.22. The summed E-state index contributed by atoms with van der Waals surface area (Å²) in [5.74, 6) is 0. The average Bonchev–Trinajstić information content (AvgIpc) is 3.36. The molecule has 1 aliphatic heterocycles. The molecule has 9 rings (SSSR count). The number of hydrogen-bond acceptors (Lipinski definition) is 0. The number of hydrogen-bond donors (Lipinski definition) is 0. The van der Waals surface area contributed by atoms with E-state index in [0.29, 0.717) is 0 Å². The van der Waals surface area contributed by atoms with Gasteiger partial charge in [0.05, 0.1) is 16.7 Å². The highest BCUT2D eigenvalue weighted by atomic mass is 35.5. The molecule has 1 nitrogen and oxygen atoms in total. The molecule has 0 bridgehead atoms. The summed E-state index contributed by atoms with van der Waals surface area (Å²) in [4.78, 5) is 0. The second-order valence-electron chi connectivity index (χ2n) is 11.5. The molecule has 2 heterocycles. The van der Waals surface area contributed by atoms with Crippen molar-refractivity contribution in [2.75, 3.05) is 0 Å². The fourth-order valence-corrected chi connectivity index (χ4v) is 7.58. The highest BCUT2D eigenvalue weighted by molar-refractivity contribution is 6.31. The van der Waals surface area contributed by atoms with Gasteiger partial charge in [-0.25, -0.2) is 0 Å². The van der Waals surface area contributed by atoms with E-state index in [4.69, 9.17) is 11.6 Å². The van der Waals surface area contributed by atoms with Gasteiger partial charge in [-0.15, -0.1) is 0 Å². The summed E-state index contributed by atoms with van der Waals surface area (Å²) < 4.78 is 2.52. The third kappa shape index (κ3) is 2.61. The third-order valence-electron chi connectivity index (χ3n) is 9.18. The Morgan fingerprint density at radius 2 is 1.38 bits per heavy atom. The Morgan fingerprint density at radius 1 is 0.590 bits per heavy atom. The van der Waals surface area contributed by atoms with Gasteiger partial charge in [0.1, 0.15) is 0 Å². The first-order chi connectivity index (χ1) is 19.0. The van der Waals surface area contributed by atoms with Crippen LogP contribution in [0.2, 0.25) is 5.02 Å². The maximum atomic E-state index is 6.44. The summed E-state index contributed by atoms with van der Waals surface area (Å²) in [6.45, 7) is 4.75. The lowest BCUT2D eigenvalue weighted by molar-refractivity contribution is 0.661. The summed E-state index contributed by atoms with van der Waals surface area (Å²) in [5, 5.41) is 5.73. The molecular formula is C37H24ClN. The van der Waals surface area contributed by atoms with E-state index in [1.165, 1.54) is 82.8 Å². The molecule has 2 heteroatoms. The molecule has 0 spiro atoms. The maximum absolute atomic E-state index is 6.44. The molecule has 0 unspecified atom stereocenters. The second-order valence-corrected chi connectivity index (χ2v) is 11.9. The predicted octanol–water partition coefficient (Wildman–Crippen LogP) is 10.5. The molecule has 2 aliphatic rings. The van der Waals surface area contributed by atoms with Crippen LogP contribution < -0.4 is 0 Å². The first kappa shape index (κ1) is 21.6. The topological polar surface area (TPSA) is 4.93 Å². The standard InChI is InChI=1S/C37H24ClN/c1-37(2)30-11-6-10-26-25-8-3-4-12-32(25)39-33-18-14-22(24-9-5-7-21-13-15-23(38)20-28(21)24)19-29(33)27-16-17-31(37)35(34(26)30)36(27)39/h3-20H,1-2H3. The SMILES string of the molecule is CC1(C)c2cccc3c2-c2c1ccc1c4cc(-c5cccc6ccc(Cl)cc56)ccc4n(c21)-c1ccccc1-3. The number of halogens is 1. The van der Waals surface area contributed by atoms with Crippen molar-refractivity contribution in [3.05, 3.63) is 125 Å². The van der Waals surface area contributed by atoms with Crippen LogP contribution in [0.3, 0.4) is 0 Å². The Kier molecular flexibility index (Phi) is 3.98. The molecular weight excluding hydrogens is 494 g/mol. The zero-order chi connectivity index (χ0) is 26.0. The molecule has 0 radical (unpaired) electrons. The molecule has 7 aromatic rings. The lowest BCUT2D eigenvalue weighted by atomic mass is 9.81. The van der Waals surface area contributed by atoms with Crippen LogP contribution >= 0.6 is 11.6 Å². The monoisotopic (exact) mass is 517 g/mol. The van der Waals surface area contributed by atoms with Crippen LogP contribution in [0.5, 0.6) is 0 Å². The van der Waals surface area contributed by atoms with E-state index in [9.17, 15) is 0 Å². The summed E-state index contributed by atoms with van der Waals surface area (Å²) in [7, 11) is 0. The second kappa shape index (κ2) is 7.20. The molecule has 0 N–H and O–H groups in total. The van der Waals surface area contributed by atoms with Crippen molar-refractivity contribution in [3.63, 3.8) is 0 Å². The Bertz CT molecular complexity index is 2210. The minimum Gasteiger partial charge on any atom is -0.308 e. The first-order valence-electron chi connectivity index (χ1n) is 13.6. The average molecular weight is 518 g/mol. The van der Waals surface area contributed by atoms with Crippen LogP contribution in [0.25, 0.3) is 71.6 Å². The first-order valence-corrected chi connectivity index (χ1v) is 13.9. The van der Waals surface area contributed by atoms with Gasteiger partial charge in [-0.2, -0.15) is 0 Å². The number of rotatable bonds is 1.